The van der Waals surface area contributed by atoms with Crippen LogP contribution in [0.5, 0.6) is 0 Å². The zero-order chi connectivity index (χ0) is 16.1. The third-order valence-corrected chi connectivity index (χ3v) is 5.14. The molecule has 142 valence electrons. The molecule has 3 rings (SSSR count). The predicted molar refractivity (Wildman–Crippen MR) is 109 cm³/mol. The Balaban J connectivity index is 0.00000156. The molecule has 1 aromatic rings. The van der Waals surface area contributed by atoms with Crippen LogP contribution in [0.4, 0.5) is 5.69 Å². The highest BCUT2D eigenvalue weighted by molar-refractivity contribution is 6.30. The van der Waals surface area contributed by atoms with Gasteiger partial charge in [0.2, 0.25) is 5.91 Å². The van der Waals surface area contributed by atoms with E-state index in [0.29, 0.717) is 11.4 Å². The summed E-state index contributed by atoms with van der Waals surface area (Å²) in [5, 5.41) is 3.56. The van der Waals surface area contributed by atoms with E-state index >= 15 is 0 Å². The second-order valence-electron chi connectivity index (χ2n) is 6.65. The molecule has 1 unspecified atom stereocenters. The number of carbonyl (C=O) groups is 1. The van der Waals surface area contributed by atoms with Gasteiger partial charge in [0.05, 0.1) is 0 Å². The van der Waals surface area contributed by atoms with Gasteiger partial charge in [-0.1, -0.05) is 24.1 Å². The van der Waals surface area contributed by atoms with Crippen LogP contribution >= 0.6 is 36.4 Å². The smallest absolute Gasteiger partial charge is 0.224 e. The lowest BCUT2D eigenvalue weighted by atomic mass is 9.99. The van der Waals surface area contributed by atoms with Gasteiger partial charge < -0.3 is 10.2 Å². The van der Waals surface area contributed by atoms with E-state index in [1.54, 1.807) is 6.07 Å². The molecule has 0 spiro atoms. The zero-order valence-corrected chi connectivity index (χ0v) is 16.8. The normalized spacial score (nSPS) is 20.8. The molecule has 1 aromatic carbocycles. The highest BCUT2D eigenvalue weighted by atomic mass is 35.5. The molecular weight excluding hydrogens is 381 g/mol. The molecule has 2 fully saturated rings. The molecule has 0 radical (unpaired) electrons. The first kappa shape index (κ1) is 22.5. The Morgan fingerprint density at radius 2 is 2.04 bits per heavy atom. The number of amides is 1. The van der Waals surface area contributed by atoms with E-state index in [9.17, 15) is 4.79 Å². The van der Waals surface area contributed by atoms with E-state index in [4.69, 9.17) is 11.6 Å². The molecule has 1 N–H and O–H groups in total. The van der Waals surface area contributed by atoms with Crippen molar-refractivity contribution in [2.45, 2.75) is 38.1 Å². The zero-order valence-electron chi connectivity index (χ0n) is 14.5. The minimum absolute atomic E-state index is 0. The molecule has 0 aromatic heterocycles. The number of carbonyl (C=O) groups excluding carboxylic acids is 1. The highest BCUT2D eigenvalue weighted by Crippen LogP contribution is 2.21. The number of rotatable bonds is 5. The first-order valence-electron chi connectivity index (χ1n) is 8.72. The number of anilines is 1. The Morgan fingerprint density at radius 1 is 1.20 bits per heavy atom. The fraction of sp³-hybridized carbons (Fsp3) is 0.611. The summed E-state index contributed by atoms with van der Waals surface area (Å²) < 4.78 is 0. The maximum atomic E-state index is 12.0. The Hall–Kier alpha value is -0.520. The number of hydrogen-bond acceptors (Lipinski definition) is 3. The van der Waals surface area contributed by atoms with Gasteiger partial charge in [-0.2, -0.15) is 0 Å². The van der Waals surface area contributed by atoms with Crippen molar-refractivity contribution in [1.82, 2.24) is 9.80 Å². The third kappa shape index (κ3) is 6.95. The Kier molecular flexibility index (Phi) is 10.1. The number of hydrogen-bond donors (Lipinski definition) is 1. The SMILES string of the molecule is Cl.Cl.O=C(CCCN1CCN2CCCCC2C1)Nc1cccc(Cl)c1. The maximum absolute atomic E-state index is 12.0. The summed E-state index contributed by atoms with van der Waals surface area (Å²) >= 11 is 5.93. The van der Waals surface area contributed by atoms with E-state index in [0.717, 1.165) is 31.2 Å². The van der Waals surface area contributed by atoms with E-state index in [2.05, 4.69) is 15.1 Å². The van der Waals surface area contributed by atoms with Gasteiger partial charge in [-0.15, -0.1) is 24.8 Å². The number of nitrogens with one attached hydrogen (secondary N) is 1. The fourth-order valence-electron chi connectivity index (χ4n) is 3.68. The van der Waals surface area contributed by atoms with Crippen LogP contribution in [-0.4, -0.2) is 54.5 Å². The number of piperidine rings is 1. The molecule has 1 amide bonds. The molecule has 2 heterocycles. The number of benzene rings is 1. The number of piperazine rings is 1. The van der Waals surface area contributed by atoms with Crippen molar-refractivity contribution in [2.75, 3.05) is 38.0 Å². The van der Waals surface area contributed by atoms with Crippen molar-refractivity contribution in [3.8, 4) is 0 Å². The van der Waals surface area contributed by atoms with Gasteiger partial charge in [0.1, 0.15) is 0 Å². The predicted octanol–water partition coefficient (Wildman–Crippen LogP) is 4.07. The van der Waals surface area contributed by atoms with E-state index in [1.807, 2.05) is 18.2 Å². The Bertz CT molecular complexity index is 544. The molecular formula is C18H28Cl3N3O. The Morgan fingerprint density at radius 3 is 2.84 bits per heavy atom. The van der Waals surface area contributed by atoms with Crippen molar-refractivity contribution >= 4 is 48.0 Å². The van der Waals surface area contributed by atoms with Crippen molar-refractivity contribution in [2.24, 2.45) is 0 Å². The summed E-state index contributed by atoms with van der Waals surface area (Å²) in [6.07, 6.45) is 5.56. The van der Waals surface area contributed by atoms with Crippen LogP contribution in [0.1, 0.15) is 32.1 Å². The van der Waals surface area contributed by atoms with Crippen molar-refractivity contribution in [3.63, 3.8) is 0 Å². The maximum Gasteiger partial charge on any atom is 0.224 e. The molecule has 7 heteroatoms. The standard InChI is InChI=1S/C18H26ClN3O.2ClH/c19-15-5-3-6-16(13-15)20-18(23)8-4-9-21-11-12-22-10-2-1-7-17(22)14-21;;/h3,5-6,13,17H,1-2,4,7-12,14H2,(H,20,23);2*1H. The third-order valence-electron chi connectivity index (χ3n) is 4.91. The largest absolute Gasteiger partial charge is 0.326 e. The van der Waals surface area contributed by atoms with Gasteiger partial charge in [-0.3, -0.25) is 9.69 Å². The minimum Gasteiger partial charge on any atom is -0.326 e. The first-order chi connectivity index (χ1) is 11.2. The summed E-state index contributed by atoms with van der Waals surface area (Å²) in [6.45, 7) is 5.82. The van der Waals surface area contributed by atoms with E-state index in [-0.39, 0.29) is 30.7 Å². The molecule has 2 saturated heterocycles. The van der Waals surface area contributed by atoms with Gasteiger partial charge in [0.25, 0.3) is 0 Å². The van der Waals surface area contributed by atoms with E-state index < -0.39 is 0 Å². The van der Waals surface area contributed by atoms with Crippen LogP contribution in [-0.2, 0) is 4.79 Å². The number of halogens is 3. The van der Waals surface area contributed by atoms with Gasteiger partial charge in [-0.05, 0) is 50.6 Å². The number of nitrogens with zero attached hydrogens (tertiary/aromatic N) is 2. The lowest BCUT2D eigenvalue weighted by molar-refractivity contribution is -0.116. The molecule has 0 bridgehead atoms. The lowest BCUT2D eigenvalue weighted by Gasteiger charge is -2.44. The molecule has 25 heavy (non-hydrogen) atoms. The van der Waals surface area contributed by atoms with Crippen LogP contribution in [0, 0.1) is 0 Å². The van der Waals surface area contributed by atoms with Gasteiger partial charge in [0.15, 0.2) is 0 Å². The quantitative estimate of drug-likeness (QED) is 0.797. The van der Waals surface area contributed by atoms with Gasteiger partial charge >= 0.3 is 0 Å². The average Bonchev–Trinajstić information content (AvgIpc) is 2.55. The molecule has 2 aliphatic heterocycles. The van der Waals surface area contributed by atoms with Crippen LogP contribution in [0.25, 0.3) is 0 Å². The van der Waals surface area contributed by atoms with Gasteiger partial charge in [-0.25, -0.2) is 0 Å². The van der Waals surface area contributed by atoms with Crippen molar-refractivity contribution in [1.29, 1.82) is 0 Å². The Labute approximate surface area is 168 Å². The number of fused-ring (bicyclic) bond motifs is 1. The van der Waals surface area contributed by atoms with Crippen LogP contribution in [0.2, 0.25) is 5.02 Å². The van der Waals surface area contributed by atoms with Crippen molar-refractivity contribution in [3.05, 3.63) is 29.3 Å². The molecule has 0 aliphatic carbocycles. The minimum atomic E-state index is 0. The summed E-state index contributed by atoms with van der Waals surface area (Å²) in [4.78, 5) is 17.2. The summed E-state index contributed by atoms with van der Waals surface area (Å²) in [5.74, 6) is 0.0727. The van der Waals surface area contributed by atoms with E-state index in [1.165, 1.54) is 38.9 Å². The molecule has 0 saturated carbocycles. The summed E-state index contributed by atoms with van der Waals surface area (Å²) in [5.41, 5.74) is 0.776. The molecule has 1 atom stereocenters. The van der Waals surface area contributed by atoms with Crippen molar-refractivity contribution < 1.29 is 4.79 Å². The highest BCUT2D eigenvalue weighted by Gasteiger charge is 2.28. The average molecular weight is 409 g/mol. The summed E-state index contributed by atoms with van der Waals surface area (Å²) in [6, 6.07) is 8.05. The van der Waals surface area contributed by atoms with Crippen LogP contribution in [0.3, 0.4) is 0 Å². The topological polar surface area (TPSA) is 35.6 Å². The second-order valence-corrected chi connectivity index (χ2v) is 7.08. The second kappa shape index (κ2) is 11.2. The van der Waals surface area contributed by atoms with Crippen LogP contribution in [0.15, 0.2) is 24.3 Å². The molecule has 2 aliphatic rings. The monoisotopic (exact) mass is 407 g/mol. The summed E-state index contributed by atoms with van der Waals surface area (Å²) in [7, 11) is 0. The van der Waals surface area contributed by atoms with Gasteiger partial charge in [0, 0.05) is 42.8 Å². The lowest BCUT2D eigenvalue weighted by Crippen LogP contribution is -2.54. The molecule has 4 nitrogen and oxygen atoms in total. The first-order valence-corrected chi connectivity index (χ1v) is 9.10. The fourth-order valence-corrected chi connectivity index (χ4v) is 3.87. The van der Waals surface area contributed by atoms with Crippen LogP contribution < -0.4 is 5.32 Å².